The predicted molar refractivity (Wildman–Crippen MR) is 66.1 cm³/mol. The lowest BCUT2D eigenvalue weighted by molar-refractivity contribution is -0.138. The fourth-order valence-corrected chi connectivity index (χ4v) is 3.53. The smallest absolute Gasteiger partial charge is 0.303 e. The average molecular weight is 260 g/mol. The van der Waals surface area contributed by atoms with Gasteiger partial charge in [-0.3, -0.25) is 4.79 Å². The monoisotopic (exact) mass is 260 g/mol. The summed E-state index contributed by atoms with van der Waals surface area (Å²) in [7, 11) is 0. The first-order valence-electron chi connectivity index (χ1n) is 6.30. The Morgan fingerprint density at radius 2 is 2.12 bits per heavy atom. The highest BCUT2D eigenvalue weighted by molar-refractivity contribution is 7.99. The number of hydrogen-bond acceptors (Lipinski definition) is 4. The summed E-state index contributed by atoms with van der Waals surface area (Å²) in [5.41, 5.74) is 0. The lowest BCUT2D eigenvalue weighted by atomic mass is 9.99. The molecule has 0 aromatic heterocycles. The minimum Gasteiger partial charge on any atom is -0.481 e. The fraction of sp³-hybridized carbons (Fsp3) is 0.917. The highest BCUT2D eigenvalue weighted by atomic mass is 32.2. The molecular formula is C12H20O4S. The van der Waals surface area contributed by atoms with Crippen LogP contribution in [0.4, 0.5) is 0 Å². The van der Waals surface area contributed by atoms with Gasteiger partial charge in [0, 0.05) is 12.8 Å². The first-order valence-corrected chi connectivity index (χ1v) is 7.46. The molecule has 98 valence electrons. The van der Waals surface area contributed by atoms with Gasteiger partial charge in [-0.25, -0.2) is 0 Å². The van der Waals surface area contributed by atoms with Crippen LogP contribution in [0.1, 0.15) is 32.1 Å². The van der Waals surface area contributed by atoms with Gasteiger partial charge in [-0.05, 0) is 36.7 Å². The van der Waals surface area contributed by atoms with Crippen molar-refractivity contribution in [3.63, 3.8) is 0 Å². The lowest BCUT2D eigenvalue weighted by Gasteiger charge is -2.23. The van der Waals surface area contributed by atoms with Crippen LogP contribution in [0.3, 0.4) is 0 Å². The SMILES string of the molecule is O=C(O)CCC1COC(CC2CCSCC2)O1. The van der Waals surface area contributed by atoms with Gasteiger partial charge in [0.25, 0.3) is 0 Å². The number of hydrogen-bond donors (Lipinski definition) is 1. The Kier molecular flexibility index (Phi) is 5.13. The molecule has 2 fully saturated rings. The molecule has 0 radical (unpaired) electrons. The Morgan fingerprint density at radius 1 is 1.35 bits per heavy atom. The Balaban J connectivity index is 1.64. The molecule has 17 heavy (non-hydrogen) atoms. The van der Waals surface area contributed by atoms with Crippen molar-refractivity contribution in [2.75, 3.05) is 18.1 Å². The van der Waals surface area contributed by atoms with E-state index in [2.05, 4.69) is 0 Å². The molecule has 5 heteroatoms. The second kappa shape index (κ2) is 6.61. The Hall–Kier alpha value is -0.260. The van der Waals surface area contributed by atoms with Crippen LogP contribution in [0.25, 0.3) is 0 Å². The molecule has 2 atom stereocenters. The van der Waals surface area contributed by atoms with Crippen molar-refractivity contribution in [2.24, 2.45) is 5.92 Å². The highest BCUT2D eigenvalue weighted by Gasteiger charge is 2.29. The van der Waals surface area contributed by atoms with Crippen LogP contribution in [0.2, 0.25) is 0 Å². The van der Waals surface area contributed by atoms with Crippen LogP contribution >= 0.6 is 11.8 Å². The summed E-state index contributed by atoms with van der Waals surface area (Å²) in [4.78, 5) is 10.5. The molecule has 0 spiro atoms. The van der Waals surface area contributed by atoms with E-state index in [0.29, 0.717) is 13.0 Å². The number of carbonyl (C=O) groups is 1. The molecule has 0 aromatic rings. The normalized spacial score (nSPS) is 30.6. The Bertz CT molecular complexity index is 253. The molecule has 4 nitrogen and oxygen atoms in total. The van der Waals surface area contributed by atoms with Crippen LogP contribution in [0, 0.1) is 5.92 Å². The van der Waals surface area contributed by atoms with E-state index in [0.717, 1.165) is 12.3 Å². The number of aliphatic carboxylic acids is 1. The Labute approximate surface area is 106 Å². The van der Waals surface area contributed by atoms with E-state index in [1.54, 1.807) is 0 Å². The van der Waals surface area contributed by atoms with Gasteiger partial charge in [0.15, 0.2) is 6.29 Å². The summed E-state index contributed by atoms with van der Waals surface area (Å²) in [6.07, 6.45) is 4.11. The summed E-state index contributed by atoms with van der Waals surface area (Å²) in [6.45, 7) is 0.555. The zero-order valence-corrected chi connectivity index (χ0v) is 10.8. The van der Waals surface area contributed by atoms with Crippen molar-refractivity contribution in [3.8, 4) is 0 Å². The predicted octanol–water partition coefficient (Wildman–Crippen LogP) is 2.13. The first-order chi connectivity index (χ1) is 8.24. The third-order valence-corrected chi connectivity index (χ3v) is 4.41. The highest BCUT2D eigenvalue weighted by Crippen LogP contribution is 2.29. The molecular weight excluding hydrogens is 240 g/mol. The van der Waals surface area contributed by atoms with Gasteiger partial charge in [-0.1, -0.05) is 0 Å². The summed E-state index contributed by atoms with van der Waals surface area (Å²) in [6, 6.07) is 0. The number of ether oxygens (including phenoxy) is 2. The van der Waals surface area contributed by atoms with Crippen LogP contribution in [0.5, 0.6) is 0 Å². The van der Waals surface area contributed by atoms with Gasteiger partial charge in [-0.2, -0.15) is 11.8 Å². The van der Waals surface area contributed by atoms with Crippen molar-refractivity contribution in [1.29, 1.82) is 0 Å². The molecule has 0 aromatic carbocycles. The van der Waals surface area contributed by atoms with Crippen molar-refractivity contribution in [2.45, 2.75) is 44.5 Å². The van der Waals surface area contributed by atoms with Crippen LogP contribution in [-0.4, -0.2) is 41.6 Å². The second-order valence-electron chi connectivity index (χ2n) is 4.74. The maximum absolute atomic E-state index is 10.5. The molecule has 2 rings (SSSR count). The van der Waals surface area contributed by atoms with Gasteiger partial charge in [0.1, 0.15) is 0 Å². The molecule has 2 aliphatic rings. The molecule has 2 saturated heterocycles. The van der Waals surface area contributed by atoms with Crippen molar-refractivity contribution in [3.05, 3.63) is 0 Å². The topological polar surface area (TPSA) is 55.8 Å². The number of carboxylic acid groups (broad SMARTS) is 1. The fourth-order valence-electron chi connectivity index (χ4n) is 2.32. The number of carboxylic acids is 1. The van der Waals surface area contributed by atoms with Gasteiger partial charge in [0.2, 0.25) is 0 Å². The zero-order chi connectivity index (χ0) is 12.1. The van der Waals surface area contributed by atoms with E-state index in [1.807, 2.05) is 11.8 Å². The van der Waals surface area contributed by atoms with Crippen LogP contribution in [0.15, 0.2) is 0 Å². The van der Waals surface area contributed by atoms with E-state index >= 15 is 0 Å². The van der Waals surface area contributed by atoms with Crippen molar-refractivity contribution >= 4 is 17.7 Å². The molecule has 1 N–H and O–H groups in total. The minimum absolute atomic E-state index is 0.0194. The largest absolute Gasteiger partial charge is 0.481 e. The molecule has 0 amide bonds. The maximum atomic E-state index is 10.5. The third-order valence-electron chi connectivity index (χ3n) is 3.36. The van der Waals surface area contributed by atoms with Gasteiger partial charge < -0.3 is 14.6 Å². The van der Waals surface area contributed by atoms with E-state index in [1.165, 1.54) is 24.3 Å². The average Bonchev–Trinajstić information content (AvgIpc) is 2.75. The summed E-state index contributed by atoms with van der Waals surface area (Å²) >= 11 is 2.02. The molecule has 0 aliphatic carbocycles. The van der Waals surface area contributed by atoms with Crippen molar-refractivity contribution < 1.29 is 19.4 Å². The van der Waals surface area contributed by atoms with Gasteiger partial charge in [0.05, 0.1) is 12.7 Å². The zero-order valence-electron chi connectivity index (χ0n) is 9.97. The van der Waals surface area contributed by atoms with Crippen molar-refractivity contribution in [1.82, 2.24) is 0 Å². The van der Waals surface area contributed by atoms with Gasteiger partial charge in [-0.15, -0.1) is 0 Å². The minimum atomic E-state index is -0.763. The summed E-state index contributed by atoms with van der Waals surface area (Å²) in [5.74, 6) is 2.46. The summed E-state index contributed by atoms with van der Waals surface area (Å²) < 4.78 is 11.3. The molecule has 2 unspecified atom stereocenters. The third kappa shape index (κ3) is 4.48. The molecule has 2 aliphatic heterocycles. The quantitative estimate of drug-likeness (QED) is 0.820. The van der Waals surface area contributed by atoms with E-state index in [-0.39, 0.29) is 18.8 Å². The van der Waals surface area contributed by atoms with E-state index in [4.69, 9.17) is 14.6 Å². The first kappa shape index (κ1) is 13.2. The maximum Gasteiger partial charge on any atom is 0.303 e. The van der Waals surface area contributed by atoms with Gasteiger partial charge >= 0.3 is 5.97 Å². The van der Waals surface area contributed by atoms with E-state index in [9.17, 15) is 4.79 Å². The summed E-state index contributed by atoms with van der Waals surface area (Å²) in [5, 5.41) is 8.60. The number of thioether (sulfide) groups is 1. The standard InChI is InChI=1S/C12H20O4S/c13-11(14)2-1-10-8-15-12(16-10)7-9-3-5-17-6-4-9/h9-10,12H,1-8H2,(H,13,14). The second-order valence-corrected chi connectivity index (χ2v) is 5.97. The Morgan fingerprint density at radius 3 is 2.82 bits per heavy atom. The molecule has 0 bridgehead atoms. The number of rotatable bonds is 5. The molecule has 2 heterocycles. The van der Waals surface area contributed by atoms with Crippen LogP contribution < -0.4 is 0 Å². The van der Waals surface area contributed by atoms with E-state index < -0.39 is 5.97 Å². The lowest BCUT2D eigenvalue weighted by Crippen LogP contribution is -2.19. The molecule has 0 saturated carbocycles. The van der Waals surface area contributed by atoms with Crippen LogP contribution in [-0.2, 0) is 14.3 Å².